The number of carbonyl (C=O) groups is 1. The molecule has 1 heteroatoms. The number of rotatable bonds is 3. The van der Waals surface area contributed by atoms with Crippen molar-refractivity contribution >= 4 is 5.78 Å². The van der Waals surface area contributed by atoms with Crippen LogP contribution in [0.5, 0.6) is 0 Å². The standard InChI is InChI=1S/C12H20O/c1-5-10-7-8(3)12(9(4)13)11(10)6-2/h10-11H,5-7H2,1-4H3. The highest BCUT2D eigenvalue weighted by molar-refractivity contribution is 5.95. The second-order valence-electron chi connectivity index (χ2n) is 4.14. The molecule has 0 aromatic carbocycles. The third-order valence-corrected chi connectivity index (χ3v) is 3.31. The largest absolute Gasteiger partial charge is 0.295 e. The van der Waals surface area contributed by atoms with E-state index in [1.807, 2.05) is 0 Å². The predicted molar refractivity (Wildman–Crippen MR) is 55.6 cm³/mol. The summed E-state index contributed by atoms with van der Waals surface area (Å²) in [4.78, 5) is 11.4. The van der Waals surface area contributed by atoms with Gasteiger partial charge in [0, 0.05) is 0 Å². The highest BCUT2D eigenvalue weighted by Crippen LogP contribution is 2.40. The first kappa shape index (κ1) is 10.5. The second-order valence-corrected chi connectivity index (χ2v) is 4.14. The van der Waals surface area contributed by atoms with Gasteiger partial charge in [-0.2, -0.15) is 0 Å². The lowest BCUT2D eigenvalue weighted by atomic mass is 9.86. The molecule has 2 atom stereocenters. The molecule has 0 fully saturated rings. The summed E-state index contributed by atoms with van der Waals surface area (Å²) in [5.74, 6) is 1.56. The zero-order valence-corrected chi connectivity index (χ0v) is 9.18. The molecule has 74 valence electrons. The molecule has 0 spiro atoms. The SMILES string of the molecule is CCC1CC(C)=C(C(C)=O)C1CC. The van der Waals surface area contributed by atoms with Crippen LogP contribution in [-0.4, -0.2) is 5.78 Å². The van der Waals surface area contributed by atoms with E-state index in [9.17, 15) is 4.79 Å². The molecule has 0 aliphatic heterocycles. The molecule has 0 saturated carbocycles. The van der Waals surface area contributed by atoms with Crippen LogP contribution in [0.2, 0.25) is 0 Å². The van der Waals surface area contributed by atoms with Crippen molar-refractivity contribution in [3.05, 3.63) is 11.1 Å². The Morgan fingerprint density at radius 2 is 2.00 bits per heavy atom. The fraction of sp³-hybridized carbons (Fsp3) is 0.750. The molecule has 0 radical (unpaired) electrons. The van der Waals surface area contributed by atoms with Crippen LogP contribution in [0.15, 0.2) is 11.1 Å². The van der Waals surface area contributed by atoms with E-state index in [0.717, 1.165) is 24.3 Å². The van der Waals surface area contributed by atoms with Gasteiger partial charge < -0.3 is 0 Å². The van der Waals surface area contributed by atoms with Crippen LogP contribution in [0.4, 0.5) is 0 Å². The molecule has 0 heterocycles. The van der Waals surface area contributed by atoms with Crippen molar-refractivity contribution < 1.29 is 4.79 Å². The van der Waals surface area contributed by atoms with Gasteiger partial charge in [0.15, 0.2) is 5.78 Å². The lowest BCUT2D eigenvalue weighted by Gasteiger charge is -2.18. The van der Waals surface area contributed by atoms with Crippen LogP contribution in [0, 0.1) is 11.8 Å². The summed E-state index contributed by atoms with van der Waals surface area (Å²) in [5, 5.41) is 0. The Morgan fingerprint density at radius 1 is 1.38 bits per heavy atom. The number of Topliss-reactive ketones (excluding diaryl/α,β-unsaturated/α-hetero) is 1. The van der Waals surface area contributed by atoms with Gasteiger partial charge in [0.2, 0.25) is 0 Å². The lowest BCUT2D eigenvalue weighted by molar-refractivity contribution is -0.114. The molecule has 0 bridgehead atoms. The van der Waals surface area contributed by atoms with Crippen molar-refractivity contribution in [2.45, 2.75) is 47.0 Å². The van der Waals surface area contributed by atoms with Gasteiger partial charge in [0.25, 0.3) is 0 Å². The van der Waals surface area contributed by atoms with Crippen LogP contribution in [0.25, 0.3) is 0 Å². The Labute approximate surface area is 81.2 Å². The van der Waals surface area contributed by atoms with E-state index in [1.165, 1.54) is 12.0 Å². The van der Waals surface area contributed by atoms with Crippen LogP contribution in [0.3, 0.4) is 0 Å². The van der Waals surface area contributed by atoms with Gasteiger partial charge in [-0.25, -0.2) is 0 Å². The normalized spacial score (nSPS) is 28.3. The number of carbonyl (C=O) groups excluding carboxylic acids is 1. The molecular weight excluding hydrogens is 160 g/mol. The van der Waals surface area contributed by atoms with E-state index >= 15 is 0 Å². The van der Waals surface area contributed by atoms with Gasteiger partial charge in [-0.1, -0.05) is 25.8 Å². The molecule has 1 rings (SSSR count). The minimum absolute atomic E-state index is 0.292. The van der Waals surface area contributed by atoms with E-state index in [4.69, 9.17) is 0 Å². The highest BCUT2D eigenvalue weighted by Gasteiger charge is 2.32. The fourth-order valence-electron chi connectivity index (χ4n) is 2.73. The minimum Gasteiger partial charge on any atom is -0.295 e. The number of hydrogen-bond donors (Lipinski definition) is 0. The average molecular weight is 180 g/mol. The first-order chi connectivity index (χ1) is 6.11. The van der Waals surface area contributed by atoms with Crippen molar-refractivity contribution in [3.63, 3.8) is 0 Å². The van der Waals surface area contributed by atoms with Crippen molar-refractivity contribution in [2.24, 2.45) is 11.8 Å². The van der Waals surface area contributed by atoms with E-state index in [-0.39, 0.29) is 0 Å². The molecule has 0 aromatic rings. The molecule has 0 N–H and O–H groups in total. The summed E-state index contributed by atoms with van der Waals surface area (Å²) < 4.78 is 0. The highest BCUT2D eigenvalue weighted by atomic mass is 16.1. The van der Waals surface area contributed by atoms with Gasteiger partial charge in [0.05, 0.1) is 0 Å². The molecule has 0 amide bonds. The molecule has 0 aromatic heterocycles. The van der Waals surface area contributed by atoms with Gasteiger partial charge in [-0.15, -0.1) is 0 Å². The van der Waals surface area contributed by atoms with Crippen molar-refractivity contribution in [3.8, 4) is 0 Å². The summed E-state index contributed by atoms with van der Waals surface area (Å²) in [6.07, 6.45) is 3.46. The van der Waals surface area contributed by atoms with Gasteiger partial charge in [0.1, 0.15) is 0 Å². The average Bonchev–Trinajstić information content (AvgIpc) is 2.41. The Bertz CT molecular complexity index is 238. The van der Waals surface area contributed by atoms with Crippen molar-refractivity contribution in [2.75, 3.05) is 0 Å². The Hall–Kier alpha value is -0.590. The van der Waals surface area contributed by atoms with Crippen molar-refractivity contribution in [1.29, 1.82) is 0 Å². The predicted octanol–water partition coefficient (Wildman–Crippen LogP) is 3.35. The van der Waals surface area contributed by atoms with Crippen LogP contribution in [-0.2, 0) is 4.79 Å². The Morgan fingerprint density at radius 3 is 2.38 bits per heavy atom. The maximum Gasteiger partial charge on any atom is 0.156 e. The van der Waals surface area contributed by atoms with E-state index in [0.29, 0.717) is 11.7 Å². The summed E-state index contributed by atoms with van der Waals surface area (Å²) in [7, 11) is 0. The van der Waals surface area contributed by atoms with E-state index in [2.05, 4.69) is 20.8 Å². The van der Waals surface area contributed by atoms with E-state index < -0.39 is 0 Å². The van der Waals surface area contributed by atoms with Gasteiger partial charge in [-0.3, -0.25) is 4.79 Å². The molecule has 2 unspecified atom stereocenters. The maximum absolute atomic E-state index is 11.4. The smallest absolute Gasteiger partial charge is 0.156 e. The fourth-order valence-corrected chi connectivity index (χ4v) is 2.73. The first-order valence-electron chi connectivity index (χ1n) is 5.32. The molecule has 1 nitrogen and oxygen atoms in total. The number of hydrogen-bond acceptors (Lipinski definition) is 1. The second kappa shape index (κ2) is 4.08. The van der Waals surface area contributed by atoms with Crippen LogP contribution < -0.4 is 0 Å². The zero-order chi connectivity index (χ0) is 10.0. The minimum atomic E-state index is 0.292. The number of ketones is 1. The third-order valence-electron chi connectivity index (χ3n) is 3.31. The molecule has 13 heavy (non-hydrogen) atoms. The topological polar surface area (TPSA) is 17.1 Å². The molecular formula is C12H20O. The van der Waals surface area contributed by atoms with Crippen molar-refractivity contribution in [1.82, 2.24) is 0 Å². The zero-order valence-electron chi connectivity index (χ0n) is 9.18. The van der Waals surface area contributed by atoms with Gasteiger partial charge >= 0.3 is 0 Å². The first-order valence-corrected chi connectivity index (χ1v) is 5.32. The van der Waals surface area contributed by atoms with E-state index in [1.54, 1.807) is 6.92 Å². The monoisotopic (exact) mass is 180 g/mol. The Balaban J connectivity index is 2.90. The molecule has 1 aliphatic carbocycles. The number of allylic oxidation sites excluding steroid dienone is 2. The maximum atomic E-state index is 11.4. The summed E-state index contributed by atoms with van der Waals surface area (Å²) in [6, 6.07) is 0. The quantitative estimate of drug-likeness (QED) is 0.651. The summed E-state index contributed by atoms with van der Waals surface area (Å²) in [6.45, 7) is 8.24. The van der Waals surface area contributed by atoms with Crippen LogP contribution >= 0.6 is 0 Å². The Kier molecular flexibility index (Phi) is 3.29. The molecule has 1 aliphatic rings. The third kappa shape index (κ3) is 1.84. The lowest BCUT2D eigenvalue weighted by Crippen LogP contribution is -2.13. The molecule has 0 saturated heterocycles. The van der Waals surface area contributed by atoms with Gasteiger partial charge in [-0.05, 0) is 44.1 Å². The van der Waals surface area contributed by atoms with Crippen LogP contribution in [0.1, 0.15) is 47.0 Å². The summed E-state index contributed by atoms with van der Waals surface area (Å²) in [5.41, 5.74) is 2.47. The summed E-state index contributed by atoms with van der Waals surface area (Å²) >= 11 is 0.